The first-order valence-corrected chi connectivity index (χ1v) is 12.2. The van der Waals surface area contributed by atoms with Gasteiger partial charge in [-0.1, -0.05) is 17.7 Å². The van der Waals surface area contributed by atoms with E-state index < -0.39 is 5.82 Å². The molecule has 3 aromatic heterocycles. The van der Waals surface area contributed by atoms with Gasteiger partial charge in [-0.2, -0.15) is 0 Å². The summed E-state index contributed by atoms with van der Waals surface area (Å²) in [5.41, 5.74) is 3.82. The van der Waals surface area contributed by atoms with Crippen LogP contribution in [0.15, 0.2) is 55.0 Å². The average molecular weight is 506 g/mol. The highest BCUT2D eigenvalue weighted by Crippen LogP contribution is 2.32. The van der Waals surface area contributed by atoms with Crippen molar-refractivity contribution in [3.05, 3.63) is 93.9 Å². The summed E-state index contributed by atoms with van der Waals surface area (Å²) >= 11 is 6.13. The van der Waals surface area contributed by atoms with E-state index >= 15 is 0 Å². The van der Waals surface area contributed by atoms with E-state index in [4.69, 9.17) is 11.6 Å². The van der Waals surface area contributed by atoms with Crippen LogP contribution in [0.3, 0.4) is 0 Å². The summed E-state index contributed by atoms with van der Waals surface area (Å²) in [4.78, 5) is 36.3. The quantitative estimate of drug-likeness (QED) is 0.307. The molecule has 36 heavy (non-hydrogen) atoms. The number of carbonyl (C=O) groups is 2. The Bertz CT molecular complexity index is 1420. The molecule has 184 valence electrons. The normalized spacial score (nSPS) is 13.1. The maximum Gasteiger partial charge on any atom is 0.251 e. The molecule has 2 amide bonds. The van der Waals surface area contributed by atoms with Gasteiger partial charge in [0.2, 0.25) is 5.91 Å². The number of halogens is 2. The molecule has 0 aliphatic heterocycles. The van der Waals surface area contributed by atoms with Crippen LogP contribution < -0.4 is 10.6 Å². The topological polar surface area (TPSA) is 99.8 Å². The molecule has 7 nitrogen and oxygen atoms in total. The minimum absolute atomic E-state index is 0.0301. The molecule has 5 rings (SSSR count). The first kappa shape index (κ1) is 23.9. The van der Waals surface area contributed by atoms with E-state index in [1.165, 1.54) is 6.07 Å². The molecule has 0 spiro atoms. The Hall–Kier alpha value is -3.78. The maximum atomic E-state index is 14.4. The van der Waals surface area contributed by atoms with Crippen LogP contribution in [0.25, 0.3) is 10.9 Å². The van der Waals surface area contributed by atoms with Crippen LogP contribution in [0.5, 0.6) is 0 Å². The van der Waals surface area contributed by atoms with Gasteiger partial charge in [0.1, 0.15) is 5.82 Å². The van der Waals surface area contributed by atoms with Crippen molar-refractivity contribution in [2.75, 3.05) is 0 Å². The lowest BCUT2D eigenvalue weighted by Gasteiger charge is -2.09. The van der Waals surface area contributed by atoms with Gasteiger partial charge in [-0.3, -0.25) is 19.6 Å². The molecule has 1 aliphatic rings. The molecule has 0 atom stereocenters. The summed E-state index contributed by atoms with van der Waals surface area (Å²) in [6.07, 6.45) is 8.32. The molecule has 1 aliphatic carbocycles. The Kier molecular flexibility index (Phi) is 6.95. The van der Waals surface area contributed by atoms with E-state index in [0.717, 1.165) is 24.1 Å². The summed E-state index contributed by atoms with van der Waals surface area (Å²) in [7, 11) is 0. The highest BCUT2D eigenvalue weighted by atomic mass is 35.5. The van der Waals surface area contributed by atoms with Crippen LogP contribution in [0.1, 0.15) is 52.1 Å². The number of benzene rings is 1. The maximum absolute atomic E-state index is 14.4. The van der Waals surface area contributed by atoms with Gasteiger partial charge in [-0.05, 0) is 54.7 Å². The van der Waals surface area contributed by atoms with Gasteiger partial charge in [0.25, 0.3) is 5.91 Å². The van der Waals surface area contributed by atoms with Gasteiger partial charge < -0.3 is 15.6 Å². The van der Waals surface area contributed by atoms with Crippen molar-refractivity contribution in [2.24, 2.45) is 5.92 Å². The second-order valence-corrected chi connectivity index (χ2v) is 9.51. The van der Waals surface area contributed by atoms with E-state index in [1.807, 2.05) is 12.1 Å². The average Bonchev–Trinajstić information content (AvgIpc) is 3.63. The second kappa shape index (κ2) is 10.5. The minimum Gasteiger partial charge on any atom is -0.360 e. The fraction of sp³-hybridized carbons (Fsp3) is 0.259. The van der Waals surface area contributed by atoms with Gasteiger partial charge in [-0.15, -0.1) is 0 Å². The van der Waals surface area contributed by atoms with E-state index in [1.54, 1.807) is 36.8 Å². The summed E-state index contributed by atoms with van der Waals surface area (Å²) in [5, 5.41) is 6.87. The summed E-state index contributed by atoms with van der Waals surface area (Å²) in [6, 6.07) is 10.2. The van der Waals surface area contributed by atoms with Gasteiger partial charge >= 0.3 is 0 Å². The monoisotopic (exact) mass is 505 g/mol. The molecular formula is C27H25ClFN5O2. The number of amides is 2. The van der Waals surface area contributed by atoms with Crippen LogP contribution in [-0.2, 0) is 24.3 Å². The number of carbonyl (C=O) groups excluding carboxylic acids is 2. The van der Waals surface area contributed by atoms with Crippen molar-refractivity contribution in [1.29, 1.82) is 0 Å². The minimum atomic E-state index is -0.421. The van der Waals surface area contributed by atoms with E-state index in [-0.39, 0.29) is 18.4 Å². The Balaban J connectivity index is 1.17. The molecule has 0 saturated heterocycles. The summed E-state index contributed by atoms with van der Waals surface area (Å²) < 4.78 is 14.4. The second-order valence-electron chi connectivity index (χ2n) is 9.10. The predicted octanol–water partition coefficient (Wildman–Crippen LogP) is 4.69. The Morgan fingerprint density at radius 3 is 2.69 bits per heavy atom. The fourth-order valence-corrected chi connectivity index (χ4v) is 4.21. The third-order valence-corrected chi connectivity index (χ3v) is 6.54. The van der Waals surface area contributed by atoms with Gasteiger partial charge in [-0.25, -0.2) is 4.39 Å². The Morgan fingerprint density at radius 2 is 1.92 bits per heavy atom. The number of H-pyrrole nitrogens is 1. The number of pyridine rings is 2. The molecule has 0 unspecified atom stereocenters. The van der Waals surface area contributed by atoms with E-state index in [9.17, 15) is 14.0 Å². The smallest absolute Gasteiger partial charge is 0.251 e. The number of nitrogens with zero attached hydrogens (tertiary/aromatic N) is 2. The van der Waals surface area contributed by atoms with Crippen LogP contribution >= 0.6 is 11.6 Å². The van der Waals surface area contributed by atoms with Crippen molar-refractivity contribution in [3.63, 3.8) is 0 Å². The van der Waals surface area contributed by atoms with Crippen molar-refractivity contribution in [1.82, 2.24) is 25.6 Å². The van der Waals surface area contributed by atoms with Crippen LogP contribution in [0.2, 0.25) is 5.02 Å². The first-order valence-electron chi connectivity index (χ1n) is 11.8. The molecule has 3 N–H and O–H groups in total. The van der Waals surface area contributed by atoms with Crippen LogP contribution in [0.4, 0.5) is 4.39 Å². The number of aromatic nitrogens is 3. The number of nitrogens with one attached hydrogen (secondary N) is 3. The van der Waals surface area contributed by atoms with Crippen LogP contribution in [-0.4, -0.2) is 26.8 Å². The molecule has 4 aromatic rings. The van der Waals surface area contributed by atoms with Gasteiger partial charge in [0, 0.05) is 65.7 Å². The third-order valence-electron chi connectivity index (χ3n) is 6.23. The predicted molar refractivity (Wildman–Crippen MR) is 135 cm³/mol. The van der Waals surface area contributed by atoms with Crippen molar-refractivity contribution in [3.8, 4) is 0 Å². The van der Waals surface area contributed by atoms with Gasteiger partial charge in [0.15, 0.2) is 0 Å². The van der Waals surface area contributed by atoms with Crippen molar-refractivity contribution >= 4 is 34.3 Å². The SMILES string of the molecule is O=C(CC1CC1)NCc1ccc(Cc2cc(C(=O)NCc3cc4c(Cl)c[nH]c4cc3F)ccn2)cn1. The molecule has 1 aromatic carbocycles. The molecule has 1 fully saturated rings. The zero-order valence-corrected chi connectivity index (χ0v) is 20.2. The fourth-order valence-electron chi connectivity index (χ4n) is 4.00. The van der Waals surface area contributed by atoms with Gasteiger partial charge in [0.05, 0.1) is 17.3 Å². The Morgan fingerprint density at radius 1 is 1.06 bits per heavy atom. The van der Waals surface area contributed by atoms with Crippen molar-refractivity contribution in [2.45, 2.75) is 38.8 Å². The first-order chi connectivity index (χ1) is 17.4. The molecule has 3 heterocycles. The lowest BCUT2D eigenvalue weighted by Crippen LogP contribution is -2.23. The number of hydrogen-bond donors (Lipinski definition) is 3. The van der Waals surface area contributed by atoms with Crippen molar-refractivity contribution < 1.29 is 14.0 Å². The zero-order chi connectivity index (χ0) is 25.1. The third kappa shape index (κ3) is 5.88. The summed E-state index contributed by atoms with van der Waals surface area (Å²) in [5.74, 6) is -0.122. The molecule has 1 saturated carbocycles. The lowest BCUT2D eigenvalue weighted by molar-refractivity contribution is -0.121. The number of aromatic amines is 1. The van der Waals surface area contributed by atoms with E-state index in [2.05, 4.69) is 25.6 Å². The van der Waals surface area contributed by atoms with Crippen LogP contribution in [0, 0.1) is 11.7 Å². The molecular weight excluding hydrogens is 481 g/mol. The number of rotatable bonds is 9. The Labute approximate surface area is 212 Å². The summed E-state index contributed by atoms with van der Waals surface area (Å²) in [6.45, 7) is 0.436. The zero-order valence-electron chi connectivity index (χ0n) is 19.5. The lowest BCUT2D eigenvalue weighted by atomic mass is 10.1. The molecule has 0 radical (unpaired) electrons. The number of fused-ring (bicyclic) bond motifs is 1. The van der Waals surface area contributed by atoms with E-state index in [0.29, 0.717) is 58.1 Å². The molecule has 0 bridgehead atoms. The highest BCUT2D eigenvalue weighted by Gasteiger charge is 2.24. The standard InChI is InChI=1S/C27H25ClFN5O2/c28-23-15-32-25-11-24(29)19(10-22(23)25)13-34-27(36)18-5-6-30-21(9-18)7-17-3-4-20(31-12-17)14-33-26(35)8-16-1-2-16/h3-6,9-12,15-16,32H,1-2,7-8,13-14H2,(H,33,35)(H,34,36). The largest absolute Gasteiger partial charge is 0.360 e. The number of hydrogen-bond acceptors (Lipinski definition) is 4. The molecule has 9 heteroatoms. The highest BCUT2D eigenvalue weighted by molar-refractivity contribution is 6.35.